The van der Waals surface area contributed by atoms with Gasteiger partial charge in [-0.2, -0.15) is 13.2 Å². The van der Waals surface area contributed by atoms with Gasteiger partial charge in [-0.15, -0.1) is 0 Å². The summed E-state index contributed by atoms with van der Waals surface area (Å²) < 4.78 is 66.8. The highest BCUT2D eigenvalue weighted by Crippen LogP contribution is 2.39. The summed E-state index contributed by atoms with van der Waals surface area (Å²) in [5.41, 5.74) is -4.12. The molecule has 1 N–H and O–H groups in total. The molecule has 0 saturated carbocycles. The van der Waals surface area contributed by atoms with Gasteiger partial charge in [0.25, 0.3) is 6.43 Å². The van der Waals surface area contributed by atoms with E-state index in [1.165, 1.54) is 0 Å². The number of halogens is 5. The average molecular weight is 271 g/mol. The molecule has 0 fully saturated rings. The van der Waals surface area contributed by atoms with Crippen LogP contribution >= 0.6 is 0 Å². The number of carbonyl (C=O) groups is 1. The first-order valence-electron chi connectivity index (χ1n) is 4.36. The summed E-state index contributed by atoms with van der Waals surface area (Å²) >= 11 is 0. The smallest absolute Gasteiger partial charge is 0.422 e. The van der Waals surface area contributed by atoms with Gasteiger partial charge in [-0.1, -0.05) is 0 Å². The van der Waals surface area contributed by atoms with E-state index in [2.05, 4.69) is 9.72 Å². The molecule has 18 heavy (non-hydrogen) atoms. The second-order valence-corrected chi connectivity index (χ2v) is 3.08. The van der Waals surface area contributed by atoms with Crippen molar-refractivity contribution >= 4 is 5.97 Å². The van der Waals surface area contributed by atoms with Crippen LogP contribution in [0.4, 0.5) is 22.0 Å². The summed E-state index contributed by atoms with van der Waals surface area (Å²) in [4.78, 5) is 13.6. The van der Waals surface area contributed by atoms with Crippen molar-refractivity contribution in [2.45, 2.75) is 12.6 Å². The molecule has 1 rings (SSSR count). The summed E-state index contributed by atoms with van der Waals surface area (Å²) in [7, 11) is 0.776. The third kappa shape index (κ3) is 2.66. The minimum Gasteiger partial charge on any atom is -0.481 e. The van der Waals surface area contributed by atoms with Gasteiger partial charge in [0.1, 0.15) is 11.3 Å². The molecule has 0 unspecified atom stereocenters. The molecule has 1 aromatic rings. The average Bonchev–Trinajstić information content (AvgIpc) is 2.25. The minimum atomic E-state index is -5.08. The Kier molecular flexibility index (Phi) is 3.73. The van der Waals surface area contributed by atoms with Crippen molar-refractivity contribution in [3.05, 3.63) is 22.9 Å². The quantitative estimate of drug-likeness (QED) is 0.859. The van der Waals surface area contributed by atoms with Gasteiger partial charge in [0, 0.05) is 0 Å². The van der Waals surface area contributed by atoms with Crippen molar-refractivity contribution in [1.29, 1.82) is 0 Å². The zero-order chi connectivity index (χ0) is 14.1. The molecule has 0 bridgehead atoms. The second kappa shape index (κ2) is 4.75. The monoisotopic (exact) mass is 271 g/mol. The van der Waals surface area contributed by atoms with Crippen molar-refractivity contribution in [2.24, 2.45) is 0 Å². The number of carboxylic acids is 1. The summed E-state index contributed by atoms with van der Waals surface area (Å²) in [5, 5.41) is 8.63. The third-order valence-electron chi connectivity index (χ3n) is 1.94. The maximum Gasteiger partial charge on any atom is 0.422 e. The third-order valence-corrected chi connectivity index (χ3v) is 1.94. The van der Waals surface area contributed by atoms with Gasteiger partial charge >= 0.3 is 12.1 Å². The maximum absolute atomic E-state index is 12.6. The molecule has 0 amide bonds. The Bertz CT molecular complexity index is 472. The van der Waals surface area contributed by atoms with E-state index in [0.29, 0.717) is 0 Å². The molecule has 100 valence electrons. The highest BCUT2D eigenvalue weighted by atomic mass is 19.4. The van der Waals surface area contributed by atoms with Crippen molar-refractivity contribution in [2.75, 3.05) is 7.11 Å². The molecule has 0 radical (unpaired) electrons. The lowest BCUT2D eigenvalue weighted by atomic mass is 10.1. The van der Waals surface area contributed by atoms with E-state index in [0.717, 1.165) is 7.11 Å². The lowest BCUT2D eigenvalue weighted by Crippen LogP contribution is -2.17. The van der Waals surface area contributed by atoms with E-state index in [1.54, 1.807) is 0 Å². The first-order chi connectivity index (χ1) is 8.18. The van der Waals surface area contributed by atoms with E-state index in [-0.39, 0.29) is 6.07 Å². The Morgan fingerprint density at radius 2 is 2.00 bits per heavy atom. The van der Waals surface area contributed by atoms with E-state index >= 15 is 0 Å². The maximum atomic E-state index is 12.6. The largest absolute Gasteiger partial charge is 0.481 e. The van der Waals surface area contributed by atoms with E-state index in [4.69, 9.17) is 5.11 Å². The first-order valence-corrected chi connectivity index (χ1v) is 4.36. The molecule has 0 aromatic carbocycles. The fourth-order valence-corrected chi connectivity index (χ4v) is 1.24. The SMILES string of the molecule is COc1nc(C(F)F)cc(C(=O)O)c1C(F)(F)F. The van der Waals surface area contributed by atoms with Crippen LogP contribution < -0.4 is 4.74 Å². The van der Waals surface area contributed by atoms with Gasteiger partial charge < -0.3 is 9.84 Å². The van der Waals surface area contributed by atoms with Crippen molar-refractivity contribution in [3.63, 3.8) is 0 Å². The van der Waals surface area contributed by atoms with Crippen LogP contribution in [0.15, 0.2) is 6.07 Å². The number of pyridine rings is 1. The molecular weight excluding hydrogens is 265 g/mol. The molecule has 1 aromatic heterocycles. The topological polar surface area (TPSA) is 59.4 Å². The molecule has 0 aliphatic carbocycles. The summed E-state index contributed by atoms with van der Waals surface area (Å²) in [5.74, 6) is -3.19. The number of rotatable bonds is 3. The number of hydrogen-bond donors (Lipinski definition) is 1. The lowest BCUT2D eigenvalue weighted by molar-refractivity contribution is -0.139. The highest BCUT2D eigenvalue weighted by molar-refractivity contribution is 5.90. The Morgan fingerprint density at radius 3 is 2.33 bits per heavy atom. The zero-order valence-corrected chi connectivity index (χ0v) is 8.76. The van der Waals surface area contributed by atoms with Gasteiger partial charge in [0.2, 0.25) is 5.88 Å². The van der Waals surface area contributed by atoms with Crippen LogP contribution in [-0.2, 0) is 6.18 Å². The molecule has 0 spiro atoms. The molecule has 0 saturated heterocycles. The number of aromatic carboxylic acids is 1. The van der Waals surface area contributed by atoms with Gasteiger partial charge in [-0.05, 0) is 6.07 Å². The molecule has 9 heteroatoms. The highest BCUT2D eigenvalue weighted by Gasteiger charge is 2.41. The number of ether oxygens (including phenoxy) is 1. The van der Waals surface area contributed by atoms with Crippen molar-refractivity contribution in [1.82, 2.24) is 4.98 Å². The number of aromatic nitrogens is 1. The fraction of sp³-hybridized carbons (Fsp3) is 0.333. The Hall–Kier alpha value is -1.93. The summed E-state index contributed by atoms with van der Waals surface area (Å²) in [6.07, 6.45) is -8.29. The van der Waals surface area contributed by atoms with Crippen LogP contribution in [0.2, 0.25) is 0 Å². The number of carboxylic acid groups (broad SMARTS) is 1. The Morgan fingerprint density at radius 1 is 1.44 bits per heavy atom. The standard InChI is InChI=1S/C9H6F5NO3/c1-18-7-5(9(12,13)14)3(8(16)17)2-4(15-7)6(10)11/h2,6H,1H3,(H,16,17). The number of hydrogen-bond acceptors (Lipinski definition) is 3. The van der Waals surface area contributed by atoms with Crippen LogP contribution in [0, 0.1) is 0 Å². The van der Waals surface area contributed by atoms with Crippen LogP contribution in [0.25, 0.3) is 0 Å². The second-order valence-electron chi connectivity index (χ2n) is 3.08. The number of alkyl halides is 5. The first kappa shape index (κ1) is 14.1. The summed E-state index contributed by atoms with van der Waals surface area (Å²) in [6.45, 7) is 0. The van der Waals surface area contributed by atoms with Gasteiger partial charge in [0.15, 0.2) is 0 Å². The molecule has 1 heterocycles. The molecule has 4 nitrogen and oxygen atoms in total. The number of methoxy groups -OCH3 is 1. The van der Waals surface area contributed by atoms with E-state index in [1.807, 2.05) is 0 Å². The van der Waals surface area contributed by atoms with Crippen LogP contribution in [0.5, 0.6) is 5.88 Å². The fourth-order valence-electron chi connectivity index (χ4n) is 1.24. The van der Waals surface area contributed by atoms with Gasteiger partial charge in [0.05, 0.1) is 12.7 Å². The molecular formula is C9H6F5NO3. The molecule has 0 aliphatic rings. The number of nitrogens with zero attached hydrogens (tertiary/aromatic N) is 1. The predicted molar refractivity (Wildman–Crippen MR) is 47.7 cm³/mol. The van der Waals surface area contributed by atoms with E-state index in [9.17, 15) is 26.7 Å². The minimum absolute atomic E-state index is 0.179. The van der Waals surface area contributed by atoms with Crippen LogP contribution in [-0.4, -0.2) is 23.2 Å². The van der Waals surface area contributed by atoms with E-state index < -0.39 is 41.3 Å². The lowest BCUT2D eigenvalue weighted by Gasteiger charge is -2.14. The van der Waals surface area contributed by atoms with Crippen molar-refractivity contribution in [3.8, 4) is 5.88 Å². The molecule has 0 aliphatic heterocycles. The van der Waals surface area contributed by atoms with Gasteiger partial charge in [-0.3, -0.25) is 0 Å². The van der Waals surface area contributed by atoms with Crippen molar-refractivity contribution < 1.29 is 36.6 Å². The predicted octanol–water partition coefficient (Wildman–Crippen LogP) is 2.74. The molecule has 0 atom stereocenters. The van der Waals surface area contributed by atoms with Crippen LogP contribution in [0.1, 0.15) is 28.0 Å². The Balaban J connectivity index is 3.62. The Labute approximate surface area is 97.0 Å². The normalized spacial score (nSPS) is 11.7. The zero-order valence-electron chi connectivity index (χ0n) is 8.76. The van der Waals surface area contributed by atoms with Crippen LogP contribution in [0.3, 0.4) is 0 Å². The summed E-state index contributed by atoms with van der Waals surface area (Å²) in [6, 6.07) is 0.179. The van der Waals surface area contributed by atoms with Gasteiger partial charge in [-0.25, -0.2) is 18.6 Å².